The summed E-state index contributed by atoms with van der Waals surface area (Å²) in [4.78, 5) is 11.6. The van der Waals surface area contributed by atoms with Crippen LogP contribution >= 0.6 is 75.5 Å². The molecule has 1 aromatic rings. The average Bonchev–Trinajstić information content (AvgIpc) is 2.38. The van der Waals surface area contributed by atoms with E-state index in [1.807, 2.05) is 0 Å². The van der Waals surface area contributed by atoms with E-state index in [1.54, 1.807) is 6.92 Å². The maximum absolute atomic E-state index is 13.4. The second kappa shape index (κ2) is 8.09. The van der Waals surface area contributed by atoms with E-state index in [4.69, 9.17) is 5.73 Å². The Balaban J connectivity index is 3.28. The minimum absolute atomic E-state index is 0.139. The molecule has 2 N–H and O–H groups in total. The number of rotatable bonds is 6. The van der Waals surface area contributed by atoms with Gasteiger partial charge in [0.1, 0.15) is 0 Å². The number of alkyl halides is 4. The second-order valence-corrected chi connectivity index (χ2v) is 8.60. The summed E-state index contributed by atoms with van der Waals surface area (Å²) >= 11 is 12.7. The normalized spacial score (nSPS) is 14.5. The van der Waals surface area contributed by atoms with Crippen molar-refractivity contribution in [3.05, 3.63) is 19.5 Å². The van der Waals surface area contributed by atoms with Crippen LogP contribution in [0.5, 0.6) is 5.75 Å². The third-order valence-electron chi connectivity index (χ3n) is 2.27. The Morgan fingerprint density at radius 2 is 1.91 bits per heavy atom. The van der Waals surface area contributed by atoms with E-state index in [1.165, 1.54) is 6.07 Å². The van der Waals surface area contributed by atoms with E-state index in [-0.39, 0.29) is 14.7 Å². The van der Waals surface area contributed by atoms with Crippen molar-refractivity contribution >= 4 is 81.4 Å². The van der Waals surface area contributed by atoms with Crippen LogP contribution in [0.25, 0.3) is 0 Å². The van der Waals surface area contributed by atoms with Gasteiger partial charge >= 0.3 is 6.11 Å². The van der Waals surface area contributed by atoms with Gasteiger partial charge in [0.25, 0.3) is 5.08 Å². The molecular formula is C11H8Br4F3NO2S. The monoisotopic (exact) mass is 591 g/mol. The zero-order valence-corrected chi connectivity index (χ0v) is 17.8. The minimum atomic E-state index is -4.07. The molecule has 22 heavy (non-hydrogen) atoms. The van der Waals surface area contributed by atoms with Gasteiger partial charge in [-0.1, -0.05) is 0 Å². The van der Waals surface area contributed by atoms with Crippen molar-refractivity contribution in [3.63, 3.8) is 0 Å². The molecule has 0 aliphatic carbocycles. The van der Waals surface area contributed by atoms with Gasteiger partial charge in [0.05, 0.1) is 14.2 Å². The number of hydrogen-bond donors (Lipinski definition) is 1. The van der Waals surface area contributed by atoms with Crippen molar-refractivity contribution in [2.45, 2.75) is 28.3 Å². The first-order valence-electron chi connectivity index (χ1n) is 5.45. The maximum Gasteiger partial charge on any atom is 0.440 e. The van der Waals surface area contributed by atoms with Gasteiger partial charge in [-0.15, -0.1) is 11.8 Å². The Kier molecular flexibility index (Phi) is 7.57. The molecule has 2 unspecified atom stereocenters. The average molecular weight is 595 g/mol. The van der Waals surface area contributed by atoms with E-state index in [9.17, 15) is 18.0 Å². The van der Waals surface area contributed by atoms with E-state index in [0.29, 0.717) is 9.37 Å². The summed E-state index contributed by atoms with van der Waals surface area (Å²) in [6.45, 7) is 1.57. The zero-order valence-electron chi connectivity index (χ0n) is 10.7. The standard InChI is InChI=1S/C11H8Br4F3NO2S/c1-3(9(19)20)22-8-5(13)2-4(12)7(6(8)14)21-11(17,18)10(15)16/h2-3,10H,1H3,(H2,19,20). The molecule has 11 heteroatoms. The van der Waals surface area contributed by atoms with Gasteiger partial charge in [-0.25, -0.2) is 4.39 Å². The lowest BCUT2D eigenvalue weighted by atomic mass is 10.3. The molecule has 0 spiro atoms. The molecule has 0 aromatic heterocycles. The smallest absolute Gasteiger partial charge is 0.427 e. The first-order valence-corrected chi connectivity index (χ1v) is 9.63. The van der Waals surface area contributed by atoms with Crippen molar-refractivity contribution in [2.24, 2.45) is 5.73 Å². The van der Waals surface area contributed by atoms with Crippen LogP contribution in [-0.4, -0.2) is 22.3 Å². The zero-order chi connectivity index (χ0) is 17.2. The number of nitrogens with two attached hydrogens (primary N) is 1. The predicted molar refractivity (Wildman–Crippen MR) is 93.5 cm³/mol. The second-order valence-electron chi connectivity index (χ2n) is 3.94. The van der Waals surface area contributed by atoms with E-state index in [2.05, 4.69) is 68.5 Å². The van der Waals surface area contributed by atoms with Gasteiger partial charge < -0.3 is 10.5 Å². The number of ether oxygens (including phenoxy) is 1. The molecular weight excluding hydrogens is 587 g/mol. The number of primary amides is 1. The molecule has 0 radical (unpaired) electrons. The van der Waals surface area contributed by atoms with Crippen LogP contribution in [0.15, 0.2) is 24.4 Å². The Morgan fingerprint density at radius 3 is 2.36 bits per heavy atom. The van der Waals surface area contributed by atoms with E-state index in [0.717, 1.165) is 11.8 Å². The van der Waals surface area contributed by atoms with Crippen molar-refractivity contribution < 1.29 is 22.7 Å². The lowest BCUT2D eigenvalue weighted by Crippen LogP contribution is -2.32. The number of thioether (sulfide) groups is 1. The van der Waals surface area contributed by atoms with Crippen LogP contribution in [-0.2, 0) is 4.79 Å². The fraction of sp³-hybridized carbons (Fsp3) is 0.364. The minimum Gasteiger partial charge on any atom is -0.427 e. The first-order chi connectivity index (χ1) is 9.97. The first kappa shape index (κ1) is 20.6. The number of carbonyl (C=O) groups excluding carboxylic acids is 1. The van der Waals surface area contributed by atoms with E-state index < -0.39 is 22.3 Å². The lowest BCUT2D eigenvalue weighted by Gasteiger charge is -2.22. The summed E-state index contributed by atoms with van der Waals surface area (Å²) in [6, 6.07) is 1.45. The highest BCUT2D eigenvalue weighted by Crippen LogP contribution is 2.47. The lowest BCUT2D eigenvalue weighted by molar-refractivity contribution is -0.195. The van der Waals surface area contributed by atoms with Crippen LogP contribution in [0, 0.1) is 0 Å². The summed E-state index contributed by atoms with van der Waals surface area (Å²) in [7, 11) is 0. The number of halogens is 7. The Bertz CT molecular complexity index is 589. The Labute approximate surface area is 162 Å². The topological polar surface area (TPSA) is 52.3 Å². The molecule has 0 saturated heterocycles. The number of benzene rings is 1. The number of hydrogen-bond acceptors (Lipinski definition) is 3. The molecule has 1 rings (SSSR count). The van der Waals surface area contributed by atoms with Crippen molar-refractivity contribution in [2.75, 3.05) is 0 Å². The highest BCUT2D eigenvalue weighted by atomic mass is 79.9. The third-order valence-corrected chi connectivity index (χ3v) is 6.55. The van der Waals surface area contributed by atoms with Crippen LogP contribution in [0.3, 0.4) is 0 Å². The van der Waals surface area contributed by atoms with Crippen LogP contribution < -0.4 is 10.5 Å². The van der Waals surface area contributed by atoms with E-state index >= 15 is 0 Å². The molecule has 1 amide bonds. The van der Waals surface area contributed by atoms with Gasteiger partial charge in [-0.3, -0.25) is 4.79 Å². The Morgan fingerprint density at radius 1 is 1.36 bits per heavy atom. The molecule has 0 aliphatic rings. The summed E-state index contributed by atoms with van der Waals surface area (Å²) in [5, 5.41) is -3.28. The van der Waals surface area contributed by atoms with Crippen molar-refractivity contribution in [1.29, 1.82) is 0 Å². The molecule has 2 atom stereocenters. The number of carbonyl (C=O) groups is 1. The fourth-order valence-electron chi connectivity index (χ4n) is 1.17. The molecule has 1 aromatic carbocycles. The highest BCUT2D eigenvalue weighted by Gasteiger charge is 2.43. The summed E-state index contributed by atoms with van der Waals surface area (Å²) < 4.78 is 45.0. The largest absolute Gasteiger partial charge is 0.440 e. The van der Waals surface area contributed by atoms with Gasteiger partial charge in [-0.2, -0.15) is 8.78 Å². The van der Waals surface area contributed by atoms with Gasteiger partial charge in [0.2, 0.25) is 5.91 Å². The fourth-order valence-corrected chi connectivity index (χ4v) is 4.95. The molecule has 0 aliphatic heterocycles. The third kappa shape index (κ3) is 5.02. The molecule has 0 saturated carbocycles. The maximum atomic E-state index is 13.4. The van der Waals surface area contributed by atoms with Gasteiger partial charge in [0, 0.05) is 9.37 Å². The van der Waals surface area contributed by atoms with Crippen LogP contribution in [0.4, 0.5) is 13.2 Å². The summed E-state index contributed by atoms with van der Waals surface area (Å²) in [5.74, 6) is -0.863. The molecule has 0 bridgehead atoms. The molecule has 124 valence electrons. The molecule has 3 nitrogen and oxygen atoms in total. The summed E-state index contributed by atoms with van der Waals surface area (Å²) in [5.41, 5.74) is 5.19. The number of amides is 1. The van der Waals surface area contributed by atoms with Gasteiger partial charge in [0.15, 0.2) is 5.75 Å². The highest BCUT2D eigenvalue weighted by molar-refractivity contribution is 9.11. The Hall–Kier alpha value is 0.550. The van der Waals surface area contributed by atoms with Crippen molar-refractivity contribution in [1.82, 2.24) is 0 Å². The van der Waals surface area contributed by atoms with Crippen LogP contribution in [0.1, 0.15) is 6.92 Å². The predicted octanol–water partition coefficient (Wildman–Crippen LogP) is 5.60. The quantitative estimate of drug-likeness (QED) is 0.345. The molecule has 0 fully saturated rings. The van der Waals surface area contributed by atoms with Crippen molar-refractivity contribution in [3.8, 4) is 5.75 Å². The van der Waals surface area contributed by atoms with Crippen LogP contribution in [0.2, 0.25) is 0 Å². The van der Waals surface area contributed by atoms with Gasteiger partial charge in [-0.05, 0) is 76.7 Å². The summed E-state index contributed by atoms with van der Waals surface area (Å²) in [6.07, 6.45) is -4.07. The SMILES string of the molecule is CC(Sc1c(Br)cc(Br)c(OC(F)(F)C(F)Br)c1Br)C(N)=O. The molecule has 0 heterocycles.